The number of rotatable bonds is 8. The van der Waals surface area contributed by atoms with E-state index in [1.165, 1.54) is 0 Å². The summed E-state index contributed by atoms with van der Waals surface area (Å²) in [6, 6.07) is 10.1. The van der Waals surface area contributed by atoms with Crippen LogP contribution in [-0.2, 0) is 0 Å². The molecular formula is C14H23NO2. The molecule has 0 fully saturated rings. The lowest BCUT2D eigenvalue weighted by molar-refractivity contribution is 0.164. The zero-order valence-corrected chi connectivity index (χ0v) is 10.5. The van der Waals surface area contributed by atoms with Gasteiger partial charge >= 0.3 is 0 Å². The Morgan fingerprint density at radius 1 is 1.18 bits per heavy atom. The predicted octanol–water partition coefficient (Wildman–Crippen LogP) is 1.86. The van der Waals surface area contributed by atoms with Gasteiger partial charge in [-0.25, -0.2) is 0 Å². The molecule has 0 amide bonds. The normalized spacial score (nSPS) is 14.5. The molecule has 96 valence electrons. The fourth-order valence-corrected chi connectivity index (χ4v) is 1.87. The Morgan fingerprint density at radius 3 is 2.47 bits per heavy atom. The molecule has 2 atom stereocenters. The van der Waals surface area contributed by atoms with Gasteiger partial charge in [0.25, 0.3) is 0 Å². The van der Waals surface area contributed by atoms with Crippen molar-refractivity contribution in [2.75, 3.05) is 13.2 Å². The lowest BCUT2D eigenvalue weighted by Gasteiger charge is -2.17. The van der Waals surface area contributed by atoms with Crippen molar-refractivity contribution >= 4 is 0 Å². The maximum Gasteiger partial charge on any atom is 0.0802 e. The third-order valence-electron chi connectivity index (χ3n) is 3.01. The lowest BCUT2D eigenvalue weighted by Crippen LogP contribution is -2.31. The first-order chi connectivity index (χ1) is 8.27. The van der Waals surface area contributed by atoms with E-state index < -0.39 is 6.10 Å². The Hall–Kier alpha value is -0.900. The van der Waals surface area contributed by atoms with Gasteiger partial charge in [-0.1, -0.05) is 37.3 Å². The number of hydrogen-bond donors (Lipinski definition) is 3. The van der Waals surface area contributed by atoms with E-state index in [9.17, 15) is 5.11 Å². The number of hydrogen-bond acceptors (Lipinski definition) is 3. The molecule has 0 spiro atoms. The summed E-state index contributed by atoms with van der Waals surface area (Å²) in [4.78, 5) is 0. The van der Waals surface area contributed by atoms with Crippen LogP contribution in [0.15, 0.2) is 30.3 Å². The largest absolute Gasteiger partial charge is 0.396 e. The summed E-state index contributed by atoms with van der Waals surface area (Å²) in [5.74, 6) is 0. The van der Waals surface area contributed by atoms with Gasteiger partial charge in [0.05, 0.1) is 6.10 Å². The van der Waals surface area contributed by atoms with Crippen LogP contribution in [0.25, 0.3) is 0 Å². The van der Waals surface area contributed by atoms with Crippen molar-refractivity contribution in [3.05, 3.63) is 35.9 Å². The van der Waals surface area contributed by atoms with Crippen LogP contribution >= 0.6 is 0 Å². The molecule has 0 bridgehead atoms. The zero-order chi connectivity index (χ0) is 12.5. The van der Waals surface area contributed by atoms with Gasteiger partial charge < -0.3 is 15.5 Å². The van der Waals surface area contributed by atoms with E-state index in [2.05, 4.69) is 12.2 Å². The van der Waals surface area contributed by atoms with Crippen LogP contribution in [-0.4, -0.2) is 29.4 Å². The van der Waals surface area contributed by atoms with Crippen LogP contribution in [0.1, 0.15) is 37.9 Å². The second-order valence-electron chi connectivity index (χ2n) is 4.29. The van der Waals surface area contributed by atoms with Gasteiger partial charge in [0.15, 0.2) is 0 Å². The molecule has 3 nitrogen and oxygen atoms in total. The first-order valence-corrected chi connectivity index (χ1v) is 6.35. The van der Waals surface area contributed by atoms with Gasteiger partial charge in [-0.05, 0) is 31.4 Å². The topological polar surface area (TPSA) is 52.5 Å². The highest BCUT2D eigenvalue weighted by atomic mass is 16.3. The van der Waals surface area contributed by atoms with Gasteiger partial charge in [0.1, 0.15) is 0 Å². The minimum atomic E-state index is -0.407. The maximum absolute atomic E-state index is 9.95. The second-order valence-corrected chi connectivity index (χ2v) is 4.29. The standard InChI is InChI=1S/C14H23NO2/c1-2-13(9-11-16)15-10-8-14(17)12-6-4-3-5-7-12/h3-7,13-17H,2,8-11H2,1H3/t13?,14-/m1/s1. The average Bonchev–Trinajstić information content (AvgIpc) is 2.38. The van der Waals surface area contributed by atoms with Crippen LogP contribution in [0.3, 0.4) is 0 Å². The highest BCUT2D eigenvalue weighted by molar-refractivity contribution is 5.17. The first-order valence-electron chi connectivity index (χ1n) is 6.35. The fourth-order valence-electron chi connectivity index (χ4n) is 1.87. The minimum absolute atomic E-state index is 0.215. The summed E-state index contributed by atoms with van der Waals surface area (Å²) in [5, 5.41) is 22.2. The maximum atomic E-state index is 9.95. The third-order valence-corrected chi connectivity index (χ3v) is 3.01. The summed E-state index contributed by atoms with van der Waals surface area (Å²) < 4.78 is 0. The number of nitrogens with one attached hydrogen (secondary N) is 1. The first kappa shape index (κ1) is 14.2. The zero-order valence-electron chi connectivity index (χ0n) is 10.5. The van der Waals surface area contributed by atoms with Gasteiger partial charge in [-0.15, -0.1) is 0 Å². The highest BCUT2D eigenvalue weighted by Crippen LogP contribution is 2.15. The average molecular weight is 237 g/mol. The Labute approximate surface area is 103 Å². The summed E-state index contributed by atoms with van der Waals surface area (Å²) in [7, 11) is 0. The van der Waals surface area contributed by atoms with Crippen LogP contribution in [0.5, 0.6) is 0 Å². The highest BCUT2D eigenvalue weighted by Gasteiger charge is 2.08. The molecule has 0 radical (unpaired) electrons. The van der Waals surface area contributed by atoms with Crippen molar-refractivity contribution in [1.29, 1.82) is 0 Å². The van der Waals surface area contributed by atoms with Crippen LogP contribution in [0.2, 0.25) is 0 Å². The van der Waals surface area contributed by atoms with E-state index in [-0.39, 0.29) is 6.61 Å². The van der Waals surface area contributed by atoms with Crippen molar-refractivity contribution in [1.82, 2.24) is 5.32 Å². The Balaban J connectivity index is 2.26. The van der Waals surface area contributed by atoms with Gasteiger partial charge in [0.2, 0.25) is 0 Å². The molecule has 1 unspecified atom stereocenters. The molecule has 1 aromatic rings. The number of benzene rings is 1. The molecule has 3 N–H and O–H groups in total. The summed E-state index contributed by atoms with van der Waals surface area (Å²) in [6.45, 7) is 3.09. The number of aliphatic hydroxyl groups is 2. The molecule has 0 aliphatic heterocycles. The fraction of sp³-hybridized carbons (Fsp3) is 0.571. The predicted molar refractivity (Wildman–Crippen MR) is 69.8 cm³/mol. The smallest absolute Gasteiger partial charge is 0.0802 e. The van der Waals surface area contributed by atoms with E-state index in [1.54, 1.807) is 0 Å². The van der Waals surface area contributed by atoms with Gasteiger partial charge in [-0.3, -0.25) is 0 Å². The third kappa shape index (κ3) is 5.31. The molecule has 0 saturated carbocycles. The van der Waals surface area contributed by atoms with E-state index >= 15 is 0 Å². The van der Waals surface area contributed by atoms with E-state index in [0.717, 1.165) is 24.9 Å². The molecule has 17 heavy (non-hydrogen) atoms. The van der Waals surface area contributed by atoms with Crippen molar-refractivity contribution in [2.24, 2.45) is 0 Å². The molecule has 0 aliphatic carbocycles. The molecule has 3 heteroatoms. The Kier molecular flexibility index (Phi) is 6.86. The van der Waals surface area contributed by atoms with E-state index in [4.69, 9.17) is 5.11 Å². The Bertz CT molecular complexity index is 290. The van der Waals surface area contributed by atoms with Crippen molar-refractivity contribution in [3.63, 3.8) is 0 Å². The van der Waals surface area contributed by atoms with E-state index in [1.807, 2.05) is 30.3 Å². The molecule has 1 rings (SSSR count). The molecular weight excluding hydrogens is 214 g/mol. The second kappa shape index (κ2) is 8.23. The molecule has 1 aromatic carbocycles. The van der Waals surface area contributed by atoms with Gasteiger partial charge in [-0.2, -0.15) is 0 Å². The Morgan fingerprint density at radius 2 is 1.88 bits per heavy atom. The summed E-state index contributed by atoms with van der Waals surface area (Å²) >= 11 is 0. The SMILES string of the molecule is CCC(CCO)NCC[C@@H](O)c1ccccc1. The minimum Gasteiger partial charge on any atom is -0.396 e. The quantitative estimate of drug-likeness (QED) is 0.647. The molecule has 0 aromatic heterocycles. The van der Waals surface area contributed by atoms with Crippen LogP contribution in [0.4, 0.5) is 0 Å². The van der Waals surface area contributed by atoms with Crippen LogP contribution < -0.4 is 5.32 Å². The van der Waals surface area contributed by atoms with E-state index in [0.29, 0.717) is 12.5 Å². The molecule has 0 aliphatic rings. The molecule has 0 saturated heterocycles. The van der Waals surface area contributed by atoms with Crippen molar-refractivity contribution in [2.45, 2.75) is 38.3 Å². The van der Waals surface area contributed by atoms with Gasteiger partial charge in [0, 0.05) is 12.6 Å². The molecule has 0 heterocycles. The summed E-state index contributed by atoms with van der Waals surface area (Å²) in [5.41, 5.74) is 0.963. The lowest BCUT2D eigenvalue weighted by atomic mass is 10.1. The monoisotopic (exact) mass is 237 g/mol. The van der Waals surface area contributed by atoms with Crippen molar-refractivity contribution < 1.29 is 10.2 Å². The summed E-state index contributed by atoms with van der Waals surface area (Å²) in [6.07, 6.45) is 2.07. The number of aliphatic hydroxyl groups excluding tert-OH is 2. The van der Waals surface area contributed by atoms with Crippen molar-refractivity contribution in [3.8, 4) is 0 Å². The van der Waals surface area contributed by atoms with Crippen LogP contribution in [0, 0.1) is 0 Å².